The molecule has 0 amide bonds. The fourth-order valence-electron chi connectivity index (χ4n) is 1.81. The third-order valence-electron chi connectivity index (χ3n) is 2.86. The van der Waals surface area contributed by atoms with E-state index in [9.17, 15) is 9.59 Å². The van der Waals surface area contributed by atoms with Gasteiger partial charge in [-0.15, -0.1) is 0 Å². The molecule has 0 aliphatic carbocycles. The number of ether oxygens (including phenoxy) is 1. The lowest BCUT2D eigenvalue weighted by Gasteiger charge is -2.20. The zero-order valence-electron chi connectivity index (χ0n) is 12.2. The highest BCUT2D eigenvalue weighted by Gasteiger charge is 2.11. The number of hydrogen-bond donors (Lipinski definition) is 0. The first-order chi connectivity index (χ1) is 9.62. The van der Waals surface area contributed by atoms with Gasteiger partial charge in [-0.05, 0) is 45.0 Å². The summed E-state index contributed by atoms with van der Waals surface area (Å²) in [4.78, 5) is 25.3. The minimum atomic E-state index is -0.356. The molecular formula is C15H21NO3S. The molecule has 0 N–H and O–H groups in total. The van der Waals surface area contributed by atoms with Crippen LogP contribution in [0.2, 0.25) is 0 Å². The molecule has 20 heavy (non-hydrogen) atoms. The molecule has 0 atom stereocenters. The predicted octanol–water partition coefficient (Wildman–Crippen LogP) is 2.97. The third kappa shape index (κ3) is 4.89. The molecule has 0 saturated heterocycles. The van der Waals surface area contributed by atoms with E-state index in [0.29, 0.717) is 12.2 Å². The van der Waals surface area contributed by atoms with Crippen molar-refractivity contribution in [3.63, 3.8) is 0 Å². The minimum Gasteiger partial charge on any atom is -0.465 e. The van der Waals surface area contributed by atoms with Crippen LogP contribution in [0, 0.1) is 0 Å². The topological polar surface area (TPSA) is 46.6 Å². The van der Waals surface area contributed by atoms with Crippen LogP contribution >= 0.6 is 11.8 Å². The van der Waals surface area contributed by atoms with Crippen LogP contribution in [0.15, 0.2) is 24.3 Å². The zero-order valence-corrected chi connectivity index (χ0v) is 13.0. The smallest absolute Gasteiger partial charge is 0.316 e. The van der Waals surface area contributed by atoms with Crippen LogP contribution in [0.1, 0.15) is 31.1 Å². The average molecular weight is 295 g/mol. The largest absolute Gasteiger partial charge is 0.465 e. The molecule has 0 bridgehead atoms. The van der Waals surface area contributed by atoms with Gasteiger partial charge in [-0.25, -0.2) is 0 Å². The van der Waals surface area contributed by atoms with Gasteiger partial charge < -0.3 is 9.64 Å². The number of nitrogens with zero attached hydrogens (tertiary/aromatic N) is 1. The SMILES string of the molecule is CCOC(=O)CSC(=O)c1ccc(N(CC)CC)cc1. The minimum absolute atomic E-state index is 0.0600. The Morgan fingerprint density at radius 3 is 2.20 bits per heavy atom. The molecule has 1 rings (SSSR count). The van der Waals surface area contributed by atoms with E-state index in [4.69, 9.17) is 4.74 Å². The molecule has 0 spiro atoms. The van der Waals surface area contributed by atoms with Crippen LogP contribution in [-0.2, 0) is 9.53 Å². The molecule has 0 fully saturated rings. The molecule has 0 aliphatic rings. The van der Waals surface area contributed by atoms with E-state index in [-0.39, 0.29) is 16.8 Å². The lowest BCUT2D eigenvalue weighted by atomic mass is 10.2. The number of thioether (sulfide) groups is 1. The number of esters is 1. The number of carbonyl (C=O) groups excluding carboxylic acids is 2. The summed E-state index contributed by atoms with van der Waals surface area (Å²) in [6.07, 6.45) is 0. The van der Waals surface area contributed by atoms with E-state index >= 15 is 0 Å². The summed E-state index contributed by atoms with van der Waals surface area (Å²) in [5, 5.41) is -0.107. The van der Waals surface area contributed by atoms with Crippen molar-refractivity contribution in [2.24, 2.45) is 0 Å². The van der Waals surface area contributed by atoms with Crippen LogP contribution in [-0.4, -0.2) is 36.5 Å². The van der Waals surface area contributed by atoms with Gasteiger partial charge in [0.2, 0.25) is 5.12 Å². The monoisotopic (exact) mass is 295 g/mol. The number of benzene rings is 1. The molecule has 4 nitrogen and oxygen atoms in total. The van der Waals surface area contributed by atoms with Crippen LogP contribution in [0.3, 0.4) is 0 Å². The summed E-state index contributed by atoms with van der Waals surface area (Å²) in [6.45, 7) is 8.14. The van der Waals surface area contributed by atoms with Crippen LogP contribution in [0.4, 0.5) is 5.69 Å². The average Bonchev–Trinajstić information content (AvgIpc) is 2.47. The summed E-state index contributed by atoms with van der Waals surface area (Å²) in [6, 6.07) is 7.47. The fourth-order valence-corrected chi connectivity index (χ4v) is 2.44. The maximum absolute atomic E-state index is 11.9. The van der Waals surface area contributed by atoms with Crippen LogP contribution in [0.25, 0.3) is 0 Å². The Labute approximate surface area is 124 Å². The van der Waals surface area contributed by atoms with E-state index in [0.717, 1.165) is 30.5 Å². The van der Waals surface area contributed by atoms with Crippen molar-refractivity contribution in [1.82, 2.24) is 0 Å². The van der Waals surface area contributed by atoms with Crippen molar-refractivity contribution in [3.8, 4) is 0 Å². The predicted molar refractivity (Wildman–Crippen MR) is 83.4 cm³/mol. The summed E-state index contributed by atoms with van der Waals surface area (Å²) in [5.74, 6) is -0.296. The third-order valence-corrected chi connectivity index (χ3v) is 3.74. The second-order valence-corrected chi connectivity index (χ2v) is 5.05. The van der Waals surface area contributed by atoms with Crippen LogP contribution in [0.5, 0.6) is 0 Å². The lowest BCUT2D eigenvalue weighted by molar-refractivity contribution is -0.139. The molecule has 1 aromatic rings. The second kappa shape index (κ2) is 8.64. The van der Waals surface area contributed by atoms with E-state index in [2.05, 4.69) is 18.7 Å². The first kappa shape index (κ1) is 16.6. The van der Waals surface area contributed by atoms with Gasteiger partial charge in [-0.3, -0.25) is 9.59 Å². The Bertz CT molecular complexity index is 441. The number of rotatable bonds is 7. The molecule has 110 valence electrons. The maximum atomic E-state index is 11.9. The van der Waals surface area contributed by atoms with Crippen molar-refractivity contribution in [2.75, 3.05) is 30.3 Å². The highest BCUT2D eigenvalue weighted by atomic mass is 32.2. The van der Waals surface area contributed by atoms with Gasteiger partial charge in [0.25, 0.3) is 0 Å². The van der Waals surface area contributed by atoms with E-state index in [1.165, 1.54) is 0 Å². The van der Waals surface area contributed by atoms with Gasteiger partial charge >= 0.3 is 5.97 Å². The molecule has 0 aliphatic heterocycles. The standard InChI is InChI=1S/C15H21NO3S/c1-4-16(5-2)13-9-7-12(8-10-13)15(18)20-11-14(17)19-6-3/h7-10H,4-6,11H2,1-3H3. The Morgan fingerprint density at radius 1 is 1.10 bits per heavy atom. The van der Waals surface area contributed by atoms with Gasteiger partial charge in [0.05, 0.1) is 12.4 Å². The molecule has 0 unspecified atom stereocenters. The van der Waals surface area contributed by atoms with Gasteiger partial charge in [-0.2, -0.15) is 0 Å². The molecule has 0 saturated carbocycles. The molecule has 0 heterocycles. The van der Waals surface area contributed by atoms with Crippen molar-refractivity contribution in [1.29, 1.82) is 0 Å². The van der Waals surface area contributed by atoms with E-state index in [1.807, 2.05) is 12.1 Å². The number of hydrogen-bond acceptors (Lipinski definition) is 5. The van der Waals surface area contributed by atoms with Crippen molar-refractivity contribution in [3.05, 3.63) is 29.8 Å². The Morgan fingerprint density at radius 2 is 1.70 bits per heavy atom. The first-order valence-electron chi connectivity index (χ1n) is 6.80. The normalized spacial score (nSPS) is 10.2. The van der Waals surface area contributed by atoms with Crippen molar-refractivity contribution >= 4 is 28.5 Å². The second-order valence-electron chi connectivity index (χ2n) is 4.10. The van der Waals surface area contributed by atoms with E-state index in [1.54, 1.807) is 19.1 Å². The molecular weight excluding hydrogens is 274 g/mol. The van der Waals surface area contributed by atoms with Gasteiger partial charge in [0.1, 0.15) is 0 Å². The van der Waals surface area contributed by atoms with Crippen LogP contribution < -0.4 is 4.90 Å². The first-order valence-corrected chi connectivity index (χ1v) is 7.78. The quantitative estimate of drug-likeness (QED) is 0.724. The number of carbonyl (C=O) groups is 2. The summed E-state index contributed by atoms with van der Waals surface area (Å²) in [7, 11) is 0. The highest BCUT2D eigenvalue weighted by molar-refractivity contribution is 8.14. The maximum Gasteiger partial charge on any atom is 0.316 e. The molecule has 0 radical (unpaired) electrons. The fraction of sp³-hybridized carbons (Fsp3) is 0.467. The summed E-state index contributed by atoms with van der Waals surface area (Å²) >= 11 is 0.976. The zero-order chi connectivity index (χ0) is 15.0. The highest BCUT2D eigenvalue weighted by Crippen LogP contribution is 2.18. The molecule has 0 aromatic heterocycles. The van der Waals surface area contributed by atoms with Gasteiger partial charge in [0, 0.05) is 24.3 Å². The summed E-state index contributed by atoms with van der Waals surface area (Å²) in [5.41, 5.74) is 1.71. The van der Waals surface area contributed by atoms with Crippen molar-refractivity contribution < 1.29 is 14.3 Å². The summed E-state index contributed by atoms with van der Waals surface area (Å²) < 4.78 is 4.79. The Hall–Kier alpha value is -1.49. The molecule has 1 aromatic carbocycles. The molecule has 5 heteroatoms. The van der Waals surface area contributed by atoms with E-state index < -0.39 is 0 Å². The van der Waals surface area contributed by atoms with Gasteiger partial charge in [-0.1, -0.05) is 11.8 Å². The number of anilines is 1. The Kier molecular flexibility index (Phi) is 7.15. The Balaban J connectivity index is 2.59. The van der Waals surface area contributed by atoms with Crippen molar-refractivity contribution in [2.45, 2.75) is 20.8 Å². The lowest BCUT2D eigenvalue weighted by Crippen LogP contribution is -2.21. The van der Waals surface area contributed by atoms with Gasteiger partial charge in [0.15, 0.2) is 0 Å².